The van der Waals surface area contributed by atoms with E-state index in [-0.39, 0.29) is 0 Å². The number of carbonyl (C=O) groups excluding carboxylic acids is 1. The van der Waals surface area contributed by atoms with E-state index in [1.54, 1.807) is 24.3 Å². The highest BCUT2D eigenvalue weighted by molar-refractivity contribution is 5.92. The van der Waals surface area contributed by atoms with Crippen molar-refractivity contribution in [3.63, 3.8) is 0 Å². The van der Waals surface area contributed by atoms with Crippen LogP contribution in [0.4, 0.5) is 5.82 Å². The summed E-state index contributed by atoms with van der Waals surface area (Å²) in [6.45, 7) is 2.98. The molecule has 0 fully saturated rings. The molecule has 3 N–H and O–H groups in total. The third-order valence-electron chi connectivity index (χ3n) is 2.62. The molecule has 0 radical (unpaired) electrons. The van der Waals surface area contributed by atoms with E-state index in [1.807, 2.05) is 13.0 Å². The Labute approximate surface area is 117 Å². The van der Waals surface area contributed by atoms with Crippen LogP contribution in [0.15, 0.2) is 36.7 Å². The monoisotopic (exact) mass is 272 g/mol. The first-order chi connectivity index (χ1) is 9.69. The lowest BCUT2D eigenvalue weighted by Gasteiger charge is -2.08. The maximum atomic E-state index is 11.1. The zero-order valence-corrected chi connectivity index (χ0v) is 11.2. The molecular weight excluding hydrogens is 256 g/mol. The quantitative estimate of drug-likeness (QED) is 0.833. The first kappa shape index (κ1) is 13.8. The van der Waals surface area contributed by atoms with Crippen LogP contribution in [0, 0.1) is 0 Å². The van der Waals surface area contributed by atoms with Crippen molar-refractivity contribution >= 4 is 11.7 Å². The van der Waals surface area contributed by atoms with Gasteiger partial charge < -0.3 is 15.8 Å². The lowest BCUT2D eigenvalue weighted by molar-refractivity contribution is 0.1000. The molecule has 0 unspecified atom stereocenters. The van der Waals surface area contributed by atoms with Gasteiger partial charge in [-0.1, -0.05) is 12.1 Å². The first-order valence-electron chi connectivity index (χ1n) is 6.26. The maximum Gasteiger partial charge on any atom is 0.248 e. The highest BCUT2D eigenvalue weighted by atomic mass is 16.5. The molecule has 20 heavy (non-hydrogen) atoms. The molecule has 6 nitrogen and oxygen atoms in total. The van der Waals surface area contributed by atoms with Gasteiger partial charge in [-0.15, -0.1) is 0 Å². The fourth-order valence-electron chi connectivity index (χ4n) is 1.69. The van der Waals surface area contributed by atoms with Crippen molar-refractivity contribution in [1.29, 1.82) is 0 Å². The number of hydrogen-bond acceptors (Lipinski definition) is 5. The Morgan fingerprint density at radius 3 is 2.95 bits per heavy atom. The minimum absolute atomic E-state index is 0.437. The van der Waals surface area contributed by atoms with Gasteiger partial charge in [-0.2, -0.15) is 0 Å². The largest absolute Gasteiger partial charge is 0.478 e. The molecule has 0 aliphatic rings. The highest BCUT2D eigenvalue weighted by Crippen LogP contribution is 2.12. The Hall–Kier alpha value is -2.63. The molecular formula is C14H16N4O2. The van der Waals surface area contributed by atoms with Crippen LogP contribution in [0.3, 0.4) is 0 Å². The molecule has 6 heteroatoms. The number of nitrogens with two attached hydrogens (primary N) is 1. The van der Waals surface area contributed by atoms with E-state index in [0.717, 1.165) is 5.56 Å². The molecule has 2 rings (SSSR count). The molecule has 0 atom stereocenters. The summed E-state index contributed by atoms with van der Waals surface area (Å²) in [5, 5.41) is 3.14. The number of primary amides is 1. The Morgan fingerprint density at radius 1 is 1.35 bits per heavy atom. The Kier molecular flexibility index (Phi) is 4.49. The topological polar surface area (TPSA) is 90.1 Å². The molecule has 0 aliphatic heterocycles. The predicted molar refractivity (Wildman–Crippen MR) is 75.5 cm³/mol. The summed E-state index contributed by atoms with van der Waals surface area (Å²) < 4.78 is 5.30. The van der Waals surface area contributed by atoms with Crippen LogP contribution in [0.25, 0.3) is 0 Å². The number of nitrogens with one attached hydrogen (secondary N) is 1. The number of amides is 1. The van der Waals surface area contributed by atoms with Crippen molar-refractivity contribution in [3.8, 4) is 5.88 Å². The zero-order chi connectivity index (χ0) is 14.4. The van der Waals surface area contributed by atoms with Gasteiger partial charge in [0.2, 0.25) is 11.8 Å². The molecule has 1 aromatic heterocycles. The number of benzene rings is 1. The molecule has 1 amide bonds. The molecule has 0 saturated carbocycles. The Morgan fingerprint density at radius 2 is 2.20 bits per heavy atom. The summed E-state index contributed by atoms with van der Waals surface area (Å²) >= 11 is 0. The number of carbonyl (C=O) groups is 1. The van der Waals surface area contributed by atoms with Crippen LogP contribution in [0.2, 0.25) is 0 Å². The third-order valence-corrected chi connectivity index (χ3v) is 2.62. The van der Waals surface area contributed by atoms with E-state index in [9.17, 15) is 4.79 Å². The summed E-state index contributed by atoms with van der Waals surface area (Å²) in [5.74, 6) is 0.747. The van der Waals surface area contributed by atoms with Crippen LogP contribution in [-0.4, -0.2) is 22.5 Å². The molecule has 2 aromatic rings. The minimum atomic E-state index is -0.437. The molecule has 0 saturated heterocycles. The normalized spacial score (nSPS) is 10.1. The summed E-state index contributed by atoms with van der Waals surface area (Å²) in [4.78, 5) is 19.2. The Bertz CT molecular complexity index is 601. The first-order valence-corrected chi connectivity index (χ1v) is 6.26. The van der Waals surface area contributed by atoms with Gasteiger partial charge in [-0.3, -0.25) is 4.79 Å². The van der Waals surface area contributed by atoms with Gasteiger partial charge in [0, 0.05) is 18.2 Å². The molecule has 1 aromatic carbocycles. The van der Waals surface area contributed by atoms with Crippen LogP contribution in [-0.2, 0) is 6.54 Å². The second kappa shape index (κ2) is 6.51. The van der Waals surface area contributed by atoms with Crippen molar-refractivity contribution in [2.75, 3.05) is 11.9 Å². The Balaban J connectivity index is 2.03. The lowest BCUT2D eigenvalue weighted by Crippen LogP contribution is -2.11. The summed E-state index contributed by atoms with van der Waals surface area (Å²) in [6, 6.07) is 8.86. The van der Waals surface area contributed by atoms with Gasteiger partial charge in [0.15, 0.2) is 0 Å². The van der Waals surface area contributed by atoms with E-state index < -0.39 is 5.91 Å². The second-order valence-electron chi connectivity index (χ2n) is 4.09. The summed E-state index contributed by atoms with van der Waals surface area (Å²) in [5.41, 5.74) is 6.68. The van der Waals surface area contributed by atoms with Gasteiger partial charge in [0.25, 0.3) is 0 Å². The van der Waals surface area contributed by atoms with Gasteiger partial charge in [-0.25, -0.2) is 9.97 Å². The van der Waals surface area contributed by atoms with Crippen LogP contribution in [0.5, 0.6) is 5.88 Å². The second-order valence-corrected chi connectivity index (χ2v) is 4.09. The molecule has 0 spiro atoms. The van der Waals surface area contributed by atoms with E-state index >= 15 is 0 Å². The average molecular weight is 272 g/mol. The number of rotatable bonds is 6. The maximum absolute atomic E-state index is 11.1. The molecule has 104 valence electrons. The van der Waals surface area contributed by atoms with E-state index in [0.29, 0.717) is 30.4 Å². The van der Waals surface area contributed by atoms with Crippen molar-refractivity contribution in [2.24, 2.45) is 5.73 Å². The number of aromatic nitrogens is 2. The lowest BCUT2D eigenvalue weighted by atomic mass is 10.1. The number of anilines is 1. The number of hydrogen-bond donors (Lipinski definition) is 2. The minimum Gasteiger partial charge on any atom is -0.478 e. The molecule has 0 aliphatic carbocycles. The van der Waals surface area contributed by atoms with Crippen LogP contribution in [0.1, 0.15) is 22.8 Å². The van der Waals surface area contributed by atoms with E-state index in [4.69, 9.17) is 10.5 Å². The summed E-state index contributed by atoms with van der Waals surface area (Å²) in [6.07, 6.45) is 1.44. The molecule has 1 heterocycles. The van der Waals surface area contributed by atoms with E-state index in [2.05, 4.69) is 15.3 Å². The summed E-state index contributed by atoms with van der Waals surface area (Å²) in [7, 11) is 0. The van der Waals surface area contributed by atoms with Crippen molar-refractivity contribution in [2.45, 2.75) is 13.5 Å². The van der Waals surface area contributed by atoms with Crippen LogP contribution < -0.4 is 15.8 Å². The van der Waals surface area contributed by atoms with Gasteiger partial charge >= 0.3 is 0 Å². The van der Waals surface area contributed by atoms with Crippen molar-refractivity contribution in [3.05, 3.63) is 47.8 Å². The average Bonchev–Trinajstić information content (AvgIpc) is 2.46. The van der Waals surface area contributed by atoms with Gasteiger partial charge in [-0.05, 0) is 24.6 Å². The fourth-order valence-corrected chi connectivity index (χ4v) is 1.69. The number of nitrogens with zero attached hydrogens (tertiary/aromatic N) is 2. The van der Waals surface area contributed by atoms with Crippen LogP contribution >= 0.6 is 0 Å². The SMILES string of the molecule is CCOc1cc(NCc2cccc(C(N)=O)c2)ncn1. The highest BCUT2D eigenvalue weighted by Gasteiger charge is 2.02. The fraction of sp³-hybridized carbons (Fsp3) is 0.214. The van der Waals surface area contributed by atoms with Gasteiger partial charge in [0.05, 0.1) is 6.61 Å². The van der Waals surface area contributed by atoms with Crippen molar-refractivity contribution in [1.82, 2.24) is 9.97 Å². The predicted octanol–water partition coefficient (Wildman–Crippen LogP) is 1.59. The number of ether oxygens (including phenoxy) is 1. The van der Waals surface area contributed by atoms with E-state index in [1.165, 1.54) is 6.33 Å². The smallest absolute Gasteiger partial charge is 0.248 e. The zero-order valence-electron chi connectivity index (χ0n) is 11.2. The van der Waals surface area contributed by atoms with Crippen molar-refractivity contribution < 1.29 is 9.53 Å². The standard InChI is InChI=1S/C14H16N4O2/c1-2-20-13-7-12(17-9-18-13)16-8-10-4-3-5-11(6-10)14(15)19/h3-7,9H,2,8H2,1H3,(H2,15,19)(H,16,17,18). The van der Waals surface area contributed by atoms with Gasteiger partial charge in [0.1, 0.15) is 12.1 Å². The molecule has 0 bridgehead atoms. The third kappa shape index (κ3) is 3.68.